The third-order valence-corrected chi connectivity index (χ3v) is 1.93. The number of nitrogens with two attached hydrogens (primary N) is 1. The fraction of sp³-hybridized carbons (Fsp3) is 0. The Kier molecular flexibility index (Phi) is 1.55. The van der Waals surface area contributed by atoms with Gasteiger partial charge in [-0.15, -0.1) is 0 Å². The van der Waals surface area contributed by atoms with Crippen molar-refractivity contribution in [2.75, 3.05) is 0 Å². The van der Waals surface area contributed by atoms with Gasteiger partial charge in [0, 0.05) is 5.39 Å². The molecular formula is C9H7FN2O. The van der Waals surface area contributed by atoms with Crippen LogP contribution in [0, 0.1) is 0 Å². The van der Waals surface area contributed by atoms with Gasteiger partial charge in [0.1, 0.15) is 0 Å². The molecule has 13 heavy (non-hydrogen) atoms. The van der Waals surface area contributed by atoms with Gasteiger partial charge < -0.3 is 5.73 Å². The molecule has 3 nitrogen and oxygen atoms in total. The highest BCUT2D eigenvalue weighted by Crippen LogP contribution is 2.20. The first-order valence-corrected chi connectivity index (χ1v) is 3.76. The molecule has 0 fully saturated rings. The van der Waals surface area contributed by atoms with E-state index in [1.54, 1.807) is 24.3 Å². The van der Waals surface area contributed by atoms with Gasteiger partial charge in [0.05, 0.1) is 17.3 Å². The van der Waals surface area contributed by atoms with Crippen molar-refractivity contribution < 1.29 is 9.28 Å². The molecule has 0 saturated heterocycles. The number of carbonyl (C=O) groups excluding carboxylic acids is 1. The maximum absolute atomic E-state index is 13.1. The SMILES string of the molecule is NC(=O)c1cn(F)c2ccccc12. The van der Waals surface area contributed by atoms with Gasteiger partial charge in [0.2, 0.25) is 0 Å². The van der Waals surface area contributed by atoms with Crippen LogP contribution in [0.3, 0.4) is 0 Å². The van der Waals surface area contributed by atoms with Gasteiger partial charge in [-0.2, -0.15) is 4.79 Å². The Morgan fingerprint density at radius 2 is 2.08 bits per heavy atom. The number of benzene rings is 1. The number of primary amides is 1. The minimum atomic E-state index is -0.618. The molecule has 1 amide bonds. The molecule has 1 aromatic heterocycles. The second kappa shape index (κ2) is 2.58. The first-order valence-electron chi connectivity index (χ1n) is 3.76. The lowest BCUT2D eigenvalue weighted by Gasteiger charge is -1.90. The molecule has 0 bridgehead atoms. The number of amides is 1. The predicted molar refractivity (Wildman–Crippen MR) is 47.0 cm³/mol. The highest BCUT2D eigenvalue weighted by atomic mass is 19.2. The van der Waals surface area contributed by atoms with E-state index in [0.29, 0.717) is 15.7 Å². The molecular weight excluding hydrogens is 171 g/mol. The lowest BCUT2D eigenvalue weighted by atomic mass is 10.2. The maximum Gasteiger partial charge on any atom is 0.250 e. The smallest absolute Gasteiger partial charge is 0.250 e. The van der Waals surface area contributed by atoms with Crippen molar-refractivity contribution in [1.82, 2.24) is 4.79 Å². The summed E-state index contributed by atoms with van der Waals surface area (Å²) in [6.45, 7) is 0. The summed E-state index contributed by atoms with van der Waals surface area (Å²) < 4.78 is 13.1. The van der Waals surface area contributed by atoms with E-state index in [9.17, 15) is 9.28 Å². The largest absolute Gasteiger partial charge is 0.366 e. The van der Waals surface area contributed by atoms with E-state index in [1.807, 2.05) is 0 Å². The van der Waals surface area contributed by atoms with Crippen LogP contribution in [0.2, 0.25) is 0 Å². The van der Waals surface area contributed by atoms with Gasteiger partial charge in [-0.25, -0.2) is 0 Å². The highest BCUT2D eigenvalue weighted by molar-refractivity contribution is 6.06. The van der Waals surface area contributed by atoms with Crippen LogP contribution in [-0.4, -0.2) is 10.7 Å². The molecule has 4 heteroatoms. The standard InChI is InChI=1S/C9H7FN2O/c10-12-5-7(9(11)13)6-3-1-2-4-8(6)12/h1-5H,(H2,11,13). The van der Waals surface area contributed by atoms with Crippen molar-refractivity contribution in [3.05, 3.63) is 36.0 Å². The Balaban J connectivity index is 2.85. The lowest BCUT2D eigenvalue weighted by molar-refractivity contribution is 0.100. The molecule has 0 saturated carbocycles. The van der Waals surface area contributed by atoms with Crippen molar-refractivity contribution in [1.29, 1.82) is 0 Å². The summed E-state index contributed by atoms with van der Waals surface area (Å²) in [5, 5.41) is 0.539. The quantitative estimate of drug-likeness (QED) is 0.706. The maximum atomic E-state index is 13.1. The van der Waals surface area contributed by atoms with Crippen molar-refractivity contribution in [3.8, 4) is 0 Å². The van der Waals surface area contributed by atoms with Crippen LogP contribution in [0.25, 0.3) is 10.9 Å². The van der Waals surface area contributed by atoms with Gasteiger partial charge >= 0.3 is 0 Å². The molecule has 0 atom stereocenters. The number of hydrogen-bond acceptors (Lipinski definition) is 1. The first-order chi connectivity index (χ1) is 6.20. The van der Waals surface area contributed by atoms with Crippen molar-refractivity contribution in [2.45, 2.75) is 0 Å². The lowest BCUT2D eigenvalue weighted by Crippen LogP contribution is -2.09. The number of fused-ring (bicyclic) bond motifs is 1. The fourth-order valence-electron chi connectivity index (χ4n) is 1.34. The zero-order valence-corrected chi connectivity index (χ0v) is 6.70. The second-order valence-corrected chi connectivity index (χ2v) is 2.74. The molecule has 2 N–H and O–H groups in total. The molecule has 2 aromatic rings. The Morgan fingerprint density at radius 3 is 2.77 bits per heavy atom. The Hall–Kier alpha value is -1.84. The number of aromatic nitrogens is 1. The Bertz CT molecular complexity index is 475. The number of carbonyl (C=O) groups is 1. The van der Waals surface area contributed by atoms with Gasteiger partial charge in [0.25, 0.3) is 5.91 Å². The number of hydrogen-bond donors (Lipinski definition) is 1. The first kappa shape index (κ1) is 7.79. The van der Waals surface area contributed by atoms with E-state index in [1.165, 1.54) is 0 Å². The summed E-state index contributed by atoms with van der Waals surface area (Å²) in [4.78, 5) is 11.3. The van der Waals surface area contributed by atoms with Crippen LogP contribution in [0.4, 0.5) is 4.48 Å². The molecule has 66 valence electrons. The zero-order chi connectivity index (χ0) is 9.42. The normalized spacial score (nSPS) is 10.5. The van der Waals surface area contributed by atoms with E-state index < -0.39 is 5.91 Å². The van der Waals surface area contributed by atoms with Crippen LogP contribution in [0.1, 0.15) is 10.4 Å². The average molecular weight is 178 g/mol. The molecule has 0 unspecified atom stereocenters. The molecule has 1 aromatic carbocycles. The van der Waals surface area contributed by atoms with Crippen LogP contribution in [-0.2, 0) is 0 Å². The average Bonchev–Trinajstić information content (AvgIpc) is 2.45. The van der Waals surface area contributed by atoms with Gasteiger partial charge in [0.15, 0.2) is 0 Å². The molecule has 1 heterocycles. The molecule has 0 aliphatic carbocycles. The molecule has 0 spiro atoms. The third-order valence-electron chi connectivity index (χ3n) is 1.93. The van der Waals surface area contributed by atoms with Gasteiger partial charge in [-0.05, 0) is 6.07 Å². The van der Waals surface area contributed by atoms with Crippen LogP contribution in [0.15, 0.2) is 30.5 Å². The van der Waals surface area contributed by atoms with E-state index in [0.717, 1.165) is 6.20 Å². The van der Waals surface area contributed by atoms with Crippen molar-refractivity contribution in [2.24, 2.45) is 5.73 Å². The van der Waals surface area contributed by atoms with Crippen LogP contribution in [0.5, 0.6) is 0 Å². The minimum Gasteiger partial charge on any atom is -0.366 e. The van der Waals surface area contributed by atoms with Crippen LogP contribution < -0.4 is 5.73 Å². The van der Waals surface area contributed by atoms with Crippen molar-refractivity contribution >= 4 is 16.8 Å². The summed E-state index contributed by atoms with van der Waals surface area (Å²) in [6, 6.07) is 6.67. The number of halogens is 1. The van der Waals surface area contributed by atoms with Gasteiger partial charge in [-0.3, -0.25) is 4.79 Å². The van der Waals surface area contributed by atoms with Crippen molar-refractivity contribution in [3.63, 3.8) is 0 Å². The summed E-state index contributed by atoms with van der Waals surface area (Å²) in [6.07, 6.45) is 1.09. The van der Waals surface area contributed by atoms with E-state index >= 15 is 0 Å². The summed E-state index contributed by atoms with van der Waals surface area (Å²) in [5.41, 5.74) is 5.64. The second-order valence-electron chi connectivity index (χ2n) is 2.74. The van der Waals surface area contributed by atoms with Gasteiger partial charge in [-0.1, -0.05) is 22.7 Å². The van der Waals surface area contributed by atoms with Crippen LogP contribution >= 0.6 is 0 Å². The predicted octanol–water partition coefficient (Wildman–Crippen LogP) is 1.47. The highest BCUT2D eigenvalue weighted by Gasteiger charge is 2.11. The molecule has 0 aliphatic heterocycles. The summed E-state index contributed by atoms with van der Waals surface area (Å²) in [5.74, 6) is -0.618. The van der Waals surface area contributed by atoms with E-state index in [-0.39, 0.29) is 5.56 Å². The third kappa shape index (κ3) is 1.07. The number of rotatable bonds is 1. The minimum absolute atomic E-state index is 0.207. The monoisotopic (exact) mass is 178 g/mol. The number of nitrogens with zero attached hydrogens (tertiary/aromatic N) is 1. The number of para-hydroxylation sites is 1. The summed E-state index contributed by atoms with van der Waals surface area (Å²) >= 11 is 0. The topological polar surface area (TPSA) is 48.0 Å². The molecule has 0 radical (unpaired) electrons. The summed E-state index contributed by atoms with van der Waals surface area (Å²) in [7, 11) is 0. The zero-order valence-electron chi connectivity index (χ0n) is 6.70. The van der Waals surface area contributed by atoms with E-state index in [4.69, 9.17) is 5.73 Å². The fourth-order valence-corrected chi connectivity index (χ4v) is 1.34. The molecule has 0 aliphatic rings. The molecule has 2 rings (SSSR count). The Morgan fingerprint density at radius 1 is 1.38 bits per heavy atom. The van der Waals surface area contributed by atoms with E-state index in [2.05, 4.69) is 0 Å². The Labute approximate surface area is 73.5 Å².